The molecule has 1 unspecified atom stereocenters. The number of ether oxygens (including phenoxy) is 3. The molecule has 0 N–H and O–H groups in total. The Balaban J connectivity index is 4.44. The lowest BCUT2D eigenvalue weighted by molar-refractivity contribution is -0.167. The topological polar surface area (TPSA) is 78.9 Å². The lowest BCUT2D eigenvalue weighted by Gasteiger charge is -2.18. The quantitative estimate of drug-likeness (QED) is 0.0261. The predicted octanol–water partition coefficient (Wildman–Crippen LogP) is 23.9. The van der Waals surface area contributed by atoms with Gasteiger partial charge in [0.1, 0.15) is 13.2 Å². The van der Waals surface area contributed by atoms with Gasteiger partial charge in [-0.3, -0.25) is 14.4 Å². The predicted molar refractivity (Wildman–Crippen MR) is 362 cm³/mol. The Morgan fingerprint density at radius 2 is 0.470 bits per heavy atom. The van der Waals surface area contributed by atoms with E-state index in [9.17, 15) is 14.4 Å². The Kier molecular flexibility index (Phi) is 65.8. The van der Waals surface area contributed by atoms with Gasteiger partial charge >= 0.3 is 17.9 Å². The Bertz CT molecular complexity index is 1800. The van der Waals surface area contributed by atoms with Crippen LogP contribution in [0.3, 0.4) is 0 Å². The van der Waals surface area contributed by atoms with Gasteiger partial charge in [0, 0.05) is 19.3 Å². The summed E-state index contributed by atoms with van der Waals surface area (Å²) in [6, 6.07) is 0. The summed E-state index contributed by atoms with van der Waals surface area (Å²) < 4.78 is 16.9. The lowest BCUT2D eigenvalue weighted by Crippen LogP contribution is -2.30. The van der Waals surface area contributed by atoms with E-state index in [2.05, 4.69) is 167 Å². The fraction of sp³-hybridized carbons (Fsp3) is 0.649. The molecule has 0 aromatic rings. The van der Waals surface area contributed by atoms with Gasteiger partial charge in [0.2, 0.25) is 0 Å². The first-order valence-electron chi connectivity index (χ1n) is 34.3. The summed E-state index contributed by atoms with van der Waals surface area (Å²) in [5.41, 5.74) is 0. The minimum absolute atomic E-state index is 0.0974. The van der Waals surface area contributed by atoms with Gasteiger partial charge in [0.15, 0.2) is 6.10 Å². The van der Waals surface area contributed by atoms with Gasteiger partial charge < -0.3 is 14.2 Å². The number of carbonyl (C=O) groups is 3. The molecule has 6 heteroatoms. The molecule has 1 atom stereocenters. The summed E-state index contributed by atoms with van der Waals surface area (Å²) in [4.78, 5) is 38.4. The highest BCUT2D eigenvalue weighted by Gasteiger charge is 2.19. The molecule has 0 aromatic carbocycles. The fourth-order valence-corrected chi connectivity index (χ4v) is 9.23. The Hall–Kier alpha value is -4.71. The van der Waals surface area contributed by atoms with E-state index >= 15 is 0 Å². The highest BCUT2D eigenvalue weighted by molar-refractivity contribution is 5.71. The van der Waals surface area contributed by atoms with Gasteiger partial charge in [-0.1, -0.05) is 289 Å². The zero-order valence-electron chi connectivity index (χ0n) is 53.9. The normalized spacial score (nSPS) is 13.0. The smallest absolute Gasteiger partial charge is 0.306 e. The second kappa shape index (κ2) is 69.8. The van der Waals surface area contributed by atoms with Crippen LogP contribution in [0.5, 0.6) is 0 Å². The second-order valence-corrected chi connectivity index (χ2v) is 22.3. The van der Waals surface area contributed by atoms with Crippen molar-refractivity contribution in [2.45, 2.75) is 309 Å². The van der Waals surface area contributed by atoms with E-state index in [1.54, 1.807) is 0 Å². The molecule has 6 nitrogen and oxygen atoms in total. The van der Waals surface area contributed by atoms with Gasteiger partial charge in [0.05, 0.1) is 0 Å². The van der Waals surface area contributed by atoms with Crippen LogP contribution in [0.25, 0.3) is 0 Å². The molecule has 0 radical (unpaired) electrons. The van der Waals surface area contributed by atoms with Crippen LogP contribution in [0.4, 0.5) is 0 Å². The molecule has 0 aliphatic rings. The minimum Gasteiger partial charge on any atom is -0.462 e. The van der Waals surface area contributed by atoms with Crippen molar-refractivity contribution in [3.05, 3.63) is 146 Å². The first kappa shape index (κ1) is 78.3. The van der Waals surface area contributed by atoms with E-state index in [0.717, 1.165) is 148 Å². The highest BCUT2D eigenvalue weighted by atomic mass is 16.6. The third-order valence-corrected chi connectivity index (χ3v) is 14.3. The summed E-state index contributed by atoms with van der Waals surface area (Å²) in [7, 11) is 0. The van der Waals surface area contributed by atoms with Crippen LogP contribution in [0.15, 0.2) is 146 Å². The number of hydrogen-bond acceptors (Lipinski definition) is 6. The zero-order valence-corrected chi connectivity index (χ0v) is 53.9. The van der Waals surface area contributed by atoms with E-state index in [0.29, 0.717) is 19.3 Å². The van der Waals surface area contributed by atoms with E-state index < -0.39 is 6.10 Å². The number of hydrogen-bond donors (Lipinski definition) is 0. The monoisotopic (exact) mass is 1150 g/mol. The van der Waals surface area contributed by atoms with E-state index in [1.807, 2.05) is 0 Å². The molecule has 0 saturated heterocycles. The molecule has 0 aliphatic heterocycles. The Labute approximate surface area is 512 Å². The maximum atomic E-state index is 13.0. The van der Waals surface area contributed by atoms with Crippen LogP contribution in [0.2, 0.25) is 0 Å². The number of esters is 3. The highest BCUT2D eigenvalue weighted by Crippen LogP contribution is 2.16. The minimum atomic E-state index is -0.804. The molecule has 0 aliphatic carbocycles. The molecule has 0 rings (SSSR count). The standard InChI is InChI=1S/C77H126O6/c1-4-7-10-13-16-19-22-25-28-30-32-34-36-38-40-42-44-46-49-52-55-58-61-64-67-70-76(79)82-73-74(72-81-75(78)69-66-63-60-57-54-51-48-27-24-21-18-15-12-9-6-3)83-77(80)71-68-65-62-59-56-53-50-47-45-43-41-39-37-35-33-31-29-26-23-20-17-14-11-8-5-2/h7-8,10-11,16-17,19-20,25-29,32-35,38,40,44,46,48,52,55,74H,4-6,9,12-15,18,21-24,30-31,36-37,39,41-43,45,47,49-51,53-54,56-73H2,1-3H3/b10-7-,11-8-,19-16-,20-17-,28-25-,29-26-,34-32-,35-33-,40-38-,46-44-,48-27-,55-52-. The van der Waals surface area contributed by atoms with Gasteiger partial charge in [-0.2, -0.15) is 0 Å². The maximum Gasteiger partial charge on any atom is 0.306 e. The van der Waals surface area contributed by atoms with Crippen LogP contribution in [0.1, 0.15) is 303 Å². The number of carbonyl (C=O) groups excluding carboxylic acids is 3. The third kappa shape index (κ3) is 68.0. The van der Waals surface area contributed by atoms with Gasteiger partial charge in [-0.05, 0) is 141 Å². The first-order valence-corrected chi connectivity index (χ1v) is 34.3. The molecular formula is C77H126O6. The Morgan fingerprint density at radius 1 is 0.253 bits per heavy atom. The molecule has 0 spiro atoms. The van der Waals surface area contributed by atoms with Crippen molar-refractivity contribution in [3.63, 3.8) is 0 Å². The van der Waals surface area contributed by atoms with Crippen LogP contribution >= 0.6 is 0 Å². The fourth-order valence-electron chi connectivity index (χ4n) is 9.23. The molecule has 0 saturated carbocycles. The summed E-state index contributed by atoms with van der Waals surface area (Å²) >= 11 is 0. The largest absolute Gasteiger partial charge is 0.462 e. The summed E-state index contributed by atoms with van der Waals surface area (Å²) in [5.74, 6) is -0.936. The summed E-state index contributed by atoms with van der Waals surface area (Å²) in [5, 5.41) is 0. The van der Waals surface area contributed by atoms with E-state index in [1.165, 1.54) is 116 Å². The van der Waals surface area contributed by atoms with Crippen molar-refractivity contribution in [3.8, 4) is 0 Å². The Morgan fingerprint density at radius 3 is 0.759 bits per heavy atom. The molecule has 0 amide bonds. The second-order valence-electron chi connectivity index (χ2n) is 22.3. The number of rotatable bonds is 61. The molecule has 0 bridgehead atoms. The maximum absolute atomic E-state index is 13.0. The average molecular weight is 1150 g/mol. The summed E-state index contributed by atoms with van der Waals surface area (Å²) in [6.45, 7) is 6.39. The molecule has 0 heterocycles. The molecule has 0 aromatic heterocycles. The molecule has 470 valence electrons. The van der Waals surface area contributed by atoms with E-state index in [-0.39, 0.29) is 31.1 Å². The third-order valence-electron chi connectivity index (χ3n) is 14.3. The number of allylic oxidation sites excluding steroid dienone is 24. The zero-order chi connectivity index (χ0) is 59.9. The molecule has 83 heavy (non-hydrogen) atoms. The van der Waals surface area contributed by atoms with Gasteiger partial charge in [-0.15, -0.1) is 0 Å². The van der Waals surface area contributed by atoms with Crippen molar-refractivity contribution in [1.82, 2.24) is 0 Å². The summed E-state index contributed by atoms with van der Waals surface area (Å²) in [6.07, 6.45) is 100.0. The van der Waals surface area contributed by atoms with Crippen molar-refractivity contribution >= 4 is 17.9 Å². The molecular weight excluding hydrogens is 1020 g/mol. The van der Waals surface area contributed by atoms with Crippen LogP contribution < -0.4 is 0 Å². The first-order chi connectivity index (χ1) is 41.0. The van der Waals surface area contributed by atoms with Crippen molar-refractivity contribution in [2.24, 2.45) is 0 Å². The van der Waals surface area contributed by atoms with Crippen molar-refractivity contribution in [2.75, 3.05) is 13.2 Å². The van der Waals surface area contributed by atoms with Crippen LogP contribution in [-0.4, -0.2) is 37.2 Å². The van der Waals surface area contributed by atoms with Crippen molar-refractivity contribution in [1.29, 1.82) is 0 Å². The molecule has 0 fully saturated rings. The average Bonchev–Trinajstić information content (AvgIpc) is 3.49. The number of unbranched alkanes of at least 4 members (excludes halogenated alkanes) is 26. The van der Waals surface area contributed by atoms with E-state index in [4.69, 9.17) is 14.2 Å². The SMILES string of the molecule is CC/C=C\C/C=C\C/C=C\C/C=C\C/C=C\C/C=C\C/C=C\CCCCCC(=O)OCC(COC(=O)CCCCCCC/C=C\CCCCCCCC)OC(=O)CCCCCCCCCCCCCC/C=C\C/C=C\C/C=C\C/C=C\CC. The van der Waals surface area contributed by atoms with Crippen LogP contribution in [-0.2, 0) is 28.6 Å². The van der Waals surface area contributed by atoms with Crippen molar-refractivity contribution < 1.29 is 28.6 Å². The van der Waals surface area contributed by atoms with Crippen LogP contribution in [0, 0.1) is 0 Å². The van der Waals surface area contributed by atoms with Gasteiger partial charge in [0.25, 0.3) is 0 Å². The lowest BCUT2D eigenvalue weighted by atomic mass is 10.0. The van der Waals surface area contributed by atoms with Gasteiger partial charge in [-0.25, -0.2) is 0 Å².